The van der Waals surface area contributed by atoms with Crippen LogP contribution in [-0.2, 0) is 9.47 Å². The molecule has 2 amide bonds. The number of rotatable bonds is 14. The lowest BCUT2D eigenvalue weighted by atomic mass is 9.99. The number of nitrogens with one attached hydrogen (secondary N) is 4. The normalized spacial score (nSPS) is 19.1. The van der Waals surface area contributed by atoms with E-state index in [2.05, 4.69) is 54.4 Å². The Morgan fingerprint density at radius 2 is 1.07 bits per heavy atom. The number of carbonyl (C=O) groups is 4. The minimum absolute atomic E-state index is 0.0320. The second-order valence-electron chi connectivity index (χ2n) is 15.2. The third-order valence-corrected chi connectivity index (χ3v) is 11.3. The third kappa shape index (κ3) is 8.58. The molecule has 4 N–H and O–H groups in total. The first-order valence-electron chi connectivity index (χ1n) is 19.5. The van der Waals surface area contributed by atoms with E-state index in [1.165, 1.54) is 0 Å². The Bertz CT molecular complexity index is 2320. The first kappa shape index (κ1) is 40.1. The number of nitrogens with zero attached hydrogens (tertiary/aromatic N) is 4. The van der Waals surface area contributed by atoms with Crippen molar-refractivity contribution in [2.75, 3.05) is 28.3 Å². The van der Waals surface area contributed by atoms with Crippen molar-refractivity contribution in [3.8, 4) is 0 Å². The van der Waals surface area contributed by atoms with E-state index < -0.39 is 12.2 Å². The van der Waals surface area contributed by atoms with Gasteiger partial charge in [-0.05, 0) is 96.2 Å². The Balaban J connectivity index is 0.000000177. The van der Waals surface area contributed by atoms with Gasteiger partial charge in [-0.1, -0.05) is 13.8 Å². The number of aromatic amines is 2. The number of hydrogen-bond donors (Lipinski definition) is 4. The monoisotopic (exact) mass is 784 g/mol. The molecular weight excluding hydrogens is 737 g/mol. The number of ether oxygens (including phenoxy) is 2. The van der Waals surface area contributed by atoms with E-state index in [-0.39, 0.29) is 34.8 Å². The molecule has 0 unspecified atom stereocenters. The summed E-state index contributed by atoms with van der Waals surface area (Å²) in [4.78, 5) is 74.2. The van der Waals surface area contributed by atoms with E-state index in [0.29, 0.717) is 59.0 Å². The number of carbonyl (C=O) groups excluding carboxylic acids is 4. The van der Waals surface area contributed by atoms with Crippen LogP contribution in [0.2, 0.25) is 0 Å². The number of pyridine rings is 4. The predicted octanol–water partition coefficient (Wildman–Crippen LogP) is 6.56. The second kappa shape index (κ2) is 17.2. The Morgan fingerprint density at radius 1 is 0.672 bits per heavy atom. The Labute approximate surface area is 336 Å². The van der Waals surface area contributed by atoms with E-state index in [1.54, 1.807) is 65.0 Å². The highest BCUT2D eigenvalue weighted by atomic mass is 16.5. The van der Waals surface area contributed by atoms with Crippen molar-refractivity contribution in [1.82, 2.24) is 40.5 Å². The van der Waals surface area contributed by atoms with Gasteiger partial charge in [0.25, 0.3) is 11.8 Å². The molecule has 6 aromatic rings. The average Bonchev–Trinajstić information content (AvgIpc) is 3.91. The Hall–Kier alpha value is -6.12. The average molecular weight is 785 g/mol. The first-order chi connectivity index (χ1) is 28.0. The summed E-state index contributed by atoms with van der Waals surface area (Å²) in [6.45, 7) is 4.30. The van der Waals surface area contributed by atoms with Gasteiger partial charge in [-0.25, -0.2) is 19.9 Å². The zero-order valence-corrected chi connectivity index (χ0v) is 33.5. The van der Waals surface area contributed by atoms with Gasteiger partial charge in [0.15, 0.2) is 11.6 Å². The highest BCUT2D eigenvalue weighted by Crippen LogP contribution is 2.42. The van der Waals surface area contributed by atoms with Gasteiger partial charge in [-0.3, -0.25) is 19.2 Å². The molecule has 300 valence electrons. The van der Waals surface area contributed by atoms with Gasteiger partial charge in [0.1, 0.15) is 34.9 Å². The zero-order chi connectivity index (χ0) is 41.1. The number of fused-ring (bicyclic) bond motifs is 2. The van der Waals surface area contributed by atoms with E-state index in [0.717, 1.165) is 46.0 Å². The van der Waals surface area contributed by atoms with Crippen LogP contribution in [0.15, 0.2) is 73.3 Å². The van der Waals surface area contributed by atoms with Gasteiger partial charge < -0.3 is 30.1 Å². The molecule has 6 aromatic heterocycles. The number of hydrogen-bond acceptors (Lipinski definition) is 10. The van der Waals surface area contributed by atoms with Crippen LogP contribution in [0, 0.1) is 23.7 Å². The quantitative estimate of drug-likeness (QED) is 0.0879. The molecule has 14 heteroatoms. The number of Topliss-reactive ketones (excluding diaryl/α,β-unsaturated/α-hetero) is 2. The molecule has 6 heterocycles. The van der Waals surface area contributed by atoms with Crippen molar-refractivity contribution < 1.29 is 28.7 Å². The van der Waals surface area contributed by atoms with Crippen LogP contribution in [0.3, 0.4) is 0 Å². The smallest absolute Gasteiger partial charge is 0.269 e. The maximum Gasteiger partial charge on any atom is 0.269 e. The van der Waals surface area contributed by atoms with Crippen LogP contribution in [0.25, 0.3) is 22.1 Å². The molecule has 2 aliphatic rings. The van der Waals surface area contributed by atoms with Crippen molar-refractivity contribution in [1.29, 1.82) is 0 Å². The molecule has 8 rings (SSSR count). The van der Waals surface area contributed by atoms with Crippen molar-refractivity contribution in [3.05, 3.63) is 118 Å². The van der Waals surface area contributed by atoms with Gasteiger partial charge in [-0.2, -0.15) is 0 Å². The summed E-state index contributed by atoms with van der Waals surface area (Å²) in [7, 11) is 6.27. The lowest BCUT2D eigenvalue weighted by Gasteiger charge is -2.18. The highest BCUT2D eigenvalue weighted by Gasteiger charge is 2.36. The summed E-state index contributed by atoms with van der Waals surface area (Å²) in [6.07, 6.45) is 9.10. The summed E-state index contributed by atoms with van der Waals surface area (Å²) < 4.78 is 11.5. The van der Waals surface area contributed by atoms with Crippen LogP contribution in [-0.4, -0.2) is 81.6 Å². The van der Waals surface area contributed by atoms with Crippen molar-refractivity contribution in [3.63, 3.8) is 0 Å². The lowest BCUT2D eigenvalue weighted by Crippen LogP contribution is -2.21. The largest absolute Gasteiger partial charge is 0.370 e. The van der Waals surface area contributed by atoms with Gasteiger partial charge in [0, 0.05) is 87.8 Å². The molecule has 2 fully saturated rings. The van der Waals surface area contributed by atoms with Gasteiger partial charge >= 0.3 is 0 Å². The molecule has 6 atom stereocenters. The van der Waals surface area contributed by atoms with E-state index in [9.17, 15) is 19.2 Å². The summed E-state index contributed by atoms with van der Waals surface area (Å²) in [5.74, 6) is 1.43. The molecule has 0 saturated heterocycles. The Kier molecular flexibility index (Phi) is 11.9. The van der Waals surface area contributed by atoms with Crippen LogP contribution in [0.4, 0.5) is 0 Å². The number of H-pyrrole nitrogens is 2. The number of amides is 2. The zero-order valence-electron chi connectivity index (χ0n) is 33.5. The summed E-state index contributed by atoms with van der Waals surface area (Å²) in [5, 5.41) is 6.99. The van der Waals surface area contributed by atoms with Gasteiger partial charge in [0.2, 0.25) is 0 Å². The molecule has 2 saturated carbocycles. The van der Waals surface area contributed by atoms with Crippen LogP contribution >= 0.6 is 0 Å². The maximum atomic E-state index is 12.9. The lowest BCUT2D eigenvalue weighted by molar-refractivity contribution is 0.0943. The van der Waals surface area contributed by atoms with E-state index in [4.69, 9.17) is 9.47 Å². The fourth-order valence-corrected chi connectivity index (χ4v) is 7.50. The standard InChI is InChI=1S/2C22H24N4O3/c2*1-12-8-13(12)11-19(27)14-9-17(26-18(10-14)22(28)23-2)20(29-3)15-4-6-24-21-16(15)5-7-25-21/h2*4-7,9-10,12-13,20H,8,11H2,1-3H3,(H,23,28)(H,24,25)/t12-,13+,20+;12-,13+,20-/m00/s1. The van der Waals surface area contributed by atoms with Crippen molar-refractivity contribution in [2.24, 2.45) is 23.7 Å². The molecule has 58 heavy (non-hydrogen) atoms. The Morgan fingerprint density at radius 3 is 1.41 bits per heavy atom. The second-order valence-corrected chi connectivity index (χ2v) is 15.2. The topological polar surface area (TPSA) is 194 Å². The molecular formula is C44H48N8O6. The van der Waals surface area contributed by atoms with Crippen molar-refractivity contribution >= 4 is 45.4 Å². The van der Waals surface area contributed by atoms with Gasteiger partial charge in [-0.15, -0.1) is 0 Å². The van der Waals surface area contributed by atoms with Crippen LogP contribution in [0.5, 0.6) is 0 Å². The molecule has 0 bridgehead atoms. The minimum atomic E-state index is -0.535. The molecule has 2 aliphatic carbocycles. The van der Waals surface area contributed by atoms with E-state index in [1.807, 2.05) is 36.7 Å². The SMILES string of the molecule is CNC(=O)c1cc(C(=O)C[C@H]2C[C@@H]2C)cc([C@@H](OC)c2ccnc3[nH]ccc23)n1.CNC(=O)c1cc(C(=O)C[C@H]2C[C@@H]2C)cc([C@H](OC)c2ccnc3[nH]ccc23)n1. The molecule has 0 radical (unpaired) electrons. The highest BCUT2D eigenvalue weighted by molar-refractivity contribution is 6.01. The molecule has 0 aromatic carbocycles. The molecule has 0 aliphatic heterocycles. The van der Waals surface area contributed by atoms with E-state index >= 15 is 0 Å². The minimum Gasteiger partial charge on any atom is -0.370 e. The van der Waals surface area contributed by atoms with Gasteiger partial charge in [0.05, 0.1) is 11.4 Å². The van der Waals surface area contributed by atoms with Crippen molar-refractivity contribution in [2.45, 2.75) is 51.7 Å². The summed E-state index contributed by atoms with van der Waals surface area (Å²) in [5.41, 5.74) is 5.67. The molecule has 0 spiro atoms. The third-order valence-electron chi connectivity index (χ3n) is 11.3. The molecule has 14 nitrogen and oxygen atoms in total. The van der Waals surface area contributed by atoms with Crippen LogP contribution in [0.1, 0.15) is 116 Å². The first-order valence-corrected chi connectivity index (χ1v) is 19.5. The fraction of sp³-hybridized carbons (Fsp3) is 0.364. The number of methoxy groups -OCH3 is 2. The summed E-state index contributed by atoms with van der Waals surface area (Å²) >= 11 is 0. The van der Waals surface area contributed by atoms with Crippen LogP contribution < -0.4 is 10.6 Å². The summed E-state index contributed by atoms with van der Waals surface area (Å²) in [6, 6.07) is 14.2. The number of aromatic nitrogens is 6. The maximum absolute atomic E-state index is 12.9. The number of ketones is 2. The fourth-order valence-electron chi connectivity index (χ4n) is 7.50. The predicted molar refractivity (Wildman–Crippen MR) is 218 cm³/mol.